The third-order valence-electron chi connectivity index (χ3n) is 4.23. The van der Waals surface area contributed by atoms with E-state index < -0.39 is 0 Å². The first kappa shape index (κ1) is 14.3. The summed E-state index contributed by atoms with van der Waals surface area (Å²) in [7, 11) is 0. The predicted molar refractivity (Wildman–Crippen MR) is 85.8 cm³/mol. The van der Waals surface area contributed by atoms with Crippen molar-refractivity contribution in [3.05, 3.63) is 36.0 Å². The lowest BCUT2D eigenvalue weighted by Crippen LogP contribution is -2.37. The van der Waals surface area contributed by atoms with Gasteiger partial charge in [-0.15, -0.1) is 0 Å². The number of aromatic amines is 1. The highest BCUT2D eigenvalue weighted by Gasteiger charge is 2.12. The normalized spacial score (nSPS) is 16.4. The summed E-state index contributed by atoms with van der Waals surface area (Å²) in [5, 5.41) is 4.29. The maximum Gasteiger partial charge on any atom is 0.178 e. The molecule has 0 spiro atoms. The Labute approximate surface area is 125 Å². The molecule has 1 aliphatic rings. The van der Waals surface area contributed by atoms with Crippen LogP contribution < -0.4 is 5.32 Å². The van der Waals surface area contributed by atoms with Crippen LogP contribution in [0.5, 0.6) is 0 Å². The molecule has 21 heavy (non-hydrogen) atoms. The Morgan fingerprint density at radius 3 is 2.86 bits per heavy atom. The van der Waals surface area contributed by atoms with E-state index in [1.807, 2.05) is 30.5 Å². The van der Waals surface area contributed by atoms with E-state index in [-0.39, 0.29) is 5.78 Å². The van der Waals surface area contributed by atoms with Gasteiger partial charge in [-0.1, -0.05) is 24.6 Å². The van der Waals surface area contributed by atoms with Gasteiger partial charge in [0.25, 0.3) is 0 Å². The van der Waals surface area contributed by atoms with Gasteiger partial charge < -0.3 is 15.2 Å². The highest BCUT2D eigenvalue weighted by atomic mass is 16.1. The van der Waals surface area contributed by atoms with Crippen LogP contribution in [0.25, 0.3) is 10.9 Å². The molecule has 1 aromatic carbocycles. The molecule has 0 bridgehead atoms. The van der Waals surface area contributed by atoms with E-state index in [4.69, 9.17) is 0 Å². The van der Waals surface area contributed by atoms with Crippen LogP contribution >= 0.6 is 0 Å². The van der Waals surface area contributed by atoms with Crippen LogP contribution in [0.15, 0.2) is 30.5 Å². The zero-order chi connectivity index (χ0) is 14.5. The molecule has 4 heteroatoms. The van der Waals surface area contributed by atoms with Crippen molar-refractivity contribution in [2.24, 2.45) is 0 Å². The zero-order valence-electron chi connectivity index (χ0n) is 12.4. The van der Waals surface area contributed by atoms with Crippen LogP contribution in [0, 0.1) is 0 Å². The predicted octanol–water partition coefficient (Wildman–Crippen LogP) is 2.43. The van der Waals surface area contributed by atoms with Gasteiger partial charge in [0.2, 0.25) is 0 Å². The molecule has 2 heterocycles. The maximum absolute atomic E-state index is 12.3. The van der Waals surface area contributed by atoms with Crippen molar-refractivity contribution in [3.63, 3.8) is 0 Å². The van der Waals surface area contributed by atoms with Crippen molar-refractivity contribution < 1.29 is 4.79 Å². The molecule has 0 atom stereocenters. The third-order valence-corrected chi connectivity index (χ3v) is 4.23. The van der Waals surface area contributed by atoms with E-state index in [0.29, 0.717) is 6.54 Å². The number of rotatable bonds is 6. The van der Waals surface area contributed by atoms with Gasteiger partial charge in [-0.05, 0) is 32.0 Å². The van der Waals surface area contributed by atoms with Crippen LogP contribution in [-0.4, -0.2) is 48.4 Å². The topological polar surface area (TPSA) is 48.1 Å². The van der Waals surface area contributed by atoms with Crippen molar-refractivity contribution in [3.8, 4) is 0 Å². The number of carbonyl (C=O) groups excluding carboxylic acids is 1. The first-order chi connectivity index (χ1) is 10.3. The van der Waals surface area contributed by atoms with Crippen LogP contribution in [0.4, 0.5) is 0 Å². The number of Topliss-reactive ketones (excluding diaryl/α,β-unsaturated/α-hetero) is 1. The Balaban J connectivity index is 1.48. The first-order valence-electron chi connectivity index (χ1n) is 7.87. The summed E-state index contributed by atoms with van der Waals surface area (Å²) in [6.07, 6.45) is 5.81. The third kappa shape index (κ3) is 3.52. The largest absolute Gasteiger partial charge is 0.360 e. The Kier molecular flexibility index (Phi) is 4.68. The quantitative estimate of drug-likeness (QED) is 0.633. The van der Waals surface area contributed by atoms with E-state index in [9.17, 15) is 4.79 Å². The summed E-state index contributed by atoms with van der Waals surface area (Å²) in [4.78, 5) is 17.9. The molecule has 0 unspecified atom stereocenters. The molecule has 0 saturated carbocycles. The summed E-state index contributed by atoms with van der Waals surface area (Å²) in [5.41, 5.74) is 1.81. The number of ketones is 1. The Morgan fingerprint density at radius 1 is 1.19 bits per heavy atom. The lowest BCUT2D eigenvalue weighted by atomic mass is 10.1. The van der Waals surface area contributed by atoms with Crippen molar-refractivity contribution >= 4 is 16.7 Å². The molecule has 2 N–H and O–H groups in total. The summed E-state index contributed by atoms with van der Waals surface area (Å²) >= 11 is 0. The van der Waals surface area contributed by atoms with Crippen LogP contribution in [0.1, 0.15) is 29.6 Å². The van der Waals surface area contributed by atoms with Gasteiger partial charge in [-0.25, -0.2) is 0 Å². The number of aromatic nitrogens is 1. The van der Waals surface area contributed by atoms with Crippen molar-refractivity contribution in [1.29, 1.82) is 0 Å². The molecule has 0 amide bonds. The summed E-state index contributed by atoms with van der Waals surface area (Å²) in [5.74, 6) is 0.158. The minimum atomic E-state index is 0.158. The van der Waals surface area contributed by atoms with Crippen LogP contribution in [0.3, 0.4) is 0 Å². The minimum Gasteiger partial charge on any atom is -0.360 e. The summed E-state index contributed by atoms with van der Waals surface area (Å²) in [6.45, 7) is 4.75. The second-order valence-corrected chi connectivity index (χ2v) is 5.75. The number of hydrogen-bond acceptors (Lipinski definition) is 3. The van der Waals surface area contributed by atoms with E-state index in [1.165, 1.54) is 32.4 Å². The van der Waals surface area contributed by atoms with E-state index >= 15 is 0 Å². The number of hydrogen-bond donors (Lipinski definition) is 2. The molecule has 2 aromatic rings. The van der Waals surface area contributed by atoms with Gasteiger partial charge in [0.15, 0.2) is 5.78 Å². The SMILES string of the molecule is O=C(CNCCN1CCCCC1)c1c[nH]c2ccccc12. The standard InChI is InChI=1S/C17H23N3O/c21-17(13-18-8-11-20-9-4-1-5-10-20)15-12-19-16-7-3-2-6-14(15)16/h2-3,6-7,12,18-19H,1,4-5,8-11,13H2. The molecule has 0 aliphatic carbocycles. The van der Waals surface area contributed by atoms with Crippen LogP contribution in [-0.2, 0) is 0 Å². The van der Waals surface area contributed by atoms with Crippen molar-refractivity contribution in [1.82, 2.24) is 15.2 Å². The second kappa shape index (κ2) is 6.87. The molecule has 112 valence electrons. The molecule has 0 radical (unpaired) electrons. The fourth-order valence-electron chi connectivity index (χ4n) is 3.02. The molecule has 1 aromatic heterocycles. The Bertz CT molecular complexity index is 599. The number of carbonyl (C=O) groups is 1. The number of piperidine rings is 1. The molecule has 1 aliphatic heterocycles. The minimum absolute atomic E-state index is 0.158. The van der Waals surface area contributed by atoms with Gasteiger partial charge >= 0.3 is 0 Å². The number of para-hydroxylation sites is 1. The molecule has 4 nitrogen and oxygen atoms in total. The molecule has 1 saturated heterocycles. The number of fused-ring (bicyclic) bond motifs is 1. The fraction of sp³-hybridized carbons (Fsp3) is 0.471. The highest BCUT2D eigenvalue weighted by molar-refractivity contribution is 6.08. The molecule has 3 rings (SSSR count). The van der Waals surface area contributed by atoms with E-state index in [1.54, 1.807) is 0 Å². The van der Waals surface area contributed by atoms with Gasteiger partial charge in [0.1, 0.15) is 0 Å². The Morgan fingerprint density at radius 2 is 2.00 bits per heavy atom. The van der Waals surface area contributed by atoms with Gasteiger partial charge in [0, 0.05) is 35.8 Å². The number of nitrogens with one attached hydrogen (secondary N) is 2. The van der Waals surface area contributed by atoms with E-state index in [2.05, 4.69) is 15.2 Å². The molecular formula is C17H23N3O. The highest BCUT2D eigenvalue weighted by Crippen LogP contribution is 2.17. The summed E-state index contributed by atoms with van der Waals surface area (Å²) < 4.78 is 0. The maximum atomic E-state index is 12.3. The second-order valence-electron chi connectivity index (χ2n) is 5.75. The summed E-state index contributed by atoms with van der Waals surface area (Å²) in [6, 6.07) is 7.93. The average Bonchev–Trinajstić information content (AvgIpc) is 2.96. The molecular weight excluding hydrogens is 262 g/mol. The van der Waals surface area contributed by atoms with Gasteiger partial charge in [-0.2, -0.15) is 0 Å². The Hall–Kier alpha value is -1.65. The van der Waals surface area contributed by atoms with Crippen molar-refractivity contribution in [2.75, 3.05) is 32.7 Å². The number of nitrogens with zero attached hydrogens (tertiary/aromatic N) is 1. The monoisotopic (exact) mass is 285 g/mol. The van der Waals surface area contributed by atoms with E-state index in [0.717, 1.165) is 29.6 Å². The lowest BCUT2D eigenvalue weighted by Gasteiger charge is -2.26. The number of likely N-dealkylation sites (tertiary alicyclic amines) is 1. The first-order valence-corrected chi connectivity index (χ1v) is 7.87. The smallest absolute Gasteiger partial charge is 0.178 e. The zero-order valence-corrected chi connectivity index (χ0v) is 12.4. The average molecular weight is 285 g/mol. The number of benzene rings is 1. The van der Waals surface area contributed by atoms with Crippen LogP contribution in [0.2, 0.25) is 0 Å². The van der Waals surface area contributed by atoms with Gasteiger partial charge in [-0.3, -0.25) is 4.79 Å². The fourth-order valence-corrected chi connectivity index (χ4v) is 3.02. The van der Waals surface area contributed by atoms with Crippen molar-refractivity contribution in [2.45, 2.75) is 19.3 Å². The van der Waals surface area contributed by atoms with Gasteiger partial charge in [0.05, 0.1) is 6.54 Å². The molecule has 1 fully saturated rings. The number of H-pyrrole nitrogens is 1. The lowest BCUT2D eigenvalue weighted by molar-refractivity contribution is 0.0991.